The van der Waals surface area contributed by atoms with Gasteiger partial charge in [0.1, 0.15) is 5.01 Å². The first-order chi connectivity index (χ1) is 16.0. The molecule has 10 heteroatoms. The van der Waals surface area contributed by atoms with Crippen LogP contribution in [0.5, 0.6) is 0 Å². The molecule has 1 aromatic heterocycles. The van der Waals surface area contributed by atoms with Crippen molar-refractivity contribution in [2.45, 2.75) is 6.42 Å². The maximum atomic E-state index is 12.5. The Bertz CT molecular complexity index is 1290. The normalized spacial score (nSPS) is 10.4. The van der Waals surface area contributed by atoms with Gasteiger partial charge in [0.15, 0.2) is 0 Å². The number of non-ortho nitro benzene ring substituents is 1. The average molecular weight is 459 g/mol. The lowest BCUT2D eigenvalue weighted by atomic mass is 10.1. The predicted octanol–water partition coefficient (Wildman–Crippen LogP) is 4.55. The quantitative estimate of drug-likeness (QED) is 0.308. The van der Waals surface area contributed by atoms with Gasteiger partial charge in [0, 0.05) is 28.9 Å². The maximum absolute atomic E-state index is 12.5. The van der Waals surface area contributed by atoms with E-state index in [9.17, 15) is 19.7 Å². The monoisotopic (exact) mass is 459 g/mol. The van der Waals surface area contributed by atoms with E-state index < -0.39 is 4.92 Å². The number of hydrogen-bond donors (Lipinski definition) is 2. The van der Waals surface area contributed by atoms with Crippen molar-refractivity contribution in [3.63, 3.8) is 0 Å². The van der Waals surface area contributed by atoms with Gasteiger partial charge in [-0.1, -0.05) is 41.7 Å². The smallest absolute Gasteiger partial charge is 0.269 e. The van der Waals surface area contributed by atoms with Crippen LogP contribution in [0.1, 0.15) is 15.9 Å². The van der Waals surface area contributed by atoms with Gasteiger partial charge in [-0.3, -0.25) is 25.0 Å². The molecule has 4 aromatic rings. The van der Waals surface area contributed by atoms with Crippen LogP contribution in [-0.4, -0.2) is 26.9 Å². The molecule has 0 unspecified atom stereocenters. The summed E-state index contributed by atoms with van der Waals surface area (Å²) in [5, 5.41) is 25.1. The van der Waals surface area contributed by atoms with Crippen LogP contribution < -0.4 is 10.6 Å². The Morgan fingerprint density at radius 2 is 1.58 bits per heavy atom. The van der Waals surface area contributed by atoms with Crippen LogP contribution in [0.4, 0.5) is 16.5 Å². The minimum Gasteiger partial charge on any atom is -0.326 e. The number of carbonyl (C=O) groups excluding carboxylic acids is 2. The summed E-state index contributed by atoms with van der Waals surface area (Å²) in [6.45, 7) is 0. The third kappa shape index (κ3) is 5.63. The molecule has 0 aliphatic carbocycles. The van der Waals surface area contributed by atoms with Crippen molar-refractivity contribution >= 4 is 39.7 Å². The van der Waals surface area contributed by atoms with Crippen LogP contribution in [0.25, 0.3) is 10.6 Å². The van der Waals surface area contributed by atoms with Crippen LogP contribution in [0, 0.1) is 10.1 Å². The van der Waals surface area contributed by atoms with Crippen molar-refractivity contribution in [1.82, 2.24) is 10.2 Å². The summed E-state index contributed by atoms with van der Waals surface area (Å²) in [5.74, 6) is -0.519. The van der Waals surface area contributed by atoms with Crippen LogP contribution in [-0.2, 0) is 11.2 Å². The molecule has 1 heterocycles. The van der Waals surface area contributed by atoms with Gasteiger partial charge in [-0.2, -0.15) is 0 Å². The number of nitro benzene ring substituents is 1. The van der Waals surface area contributed by atoms with Gasteiger partial charge in [0.2, 0.25) is 11.0 Å². The predicted molar refractivity (Wildman–Crippen MR) is 125 cm³/mol. The fraction of sp³-hybridized carbons (Fsp3) is 0.0435. The van der Waals surface area contributed by atoms with E-state index in [-0.39, 0.29) is 23.9 Å². The third-order valence-electron chi connectivity index (χ3n) is 4.61. The zero-order valence-electron chi connectivity index (χ0n) is 17.1. The number of anilines is 2. The number of nitrogens with one attached hydrogen (secondary N) is 2. The molecule has 0 spiro atoms. The molecule has 0 aliphatic rings. The van der Waals surface area contributed by atoms with Gasteiger partial charge in [0.25, 0.3) is 11.6 Å². The van der Waals surface area contributed by atoms with E-state index in [0.29, 0.717) is 27.0 Å². The van der Waals surface area contributed by atoms with Crippen LogP contribution in [0.15, 0.2) is 78.9 Å². The summed E-state index contributed by atoms with van der Waals surface area (Å²) < 4.78 is 0. The minimum atomic E-state index is -0.477. The molecule has 0 saturated heterocycles. The van der Waals surface area contributed by atoms with Crippen LogP contribution in [0.2, 0.25) is 0 Å². The second-order valence-electron chi connectivity index (χ2n) is 6.96. The molecule has 4 rings (SSSR count). The number of amides is 2. The Morgan fingerprint density at radius 3 is 2.24 bits per heavy atom. The van der Waals surface area contributed by atoms with Crippen molar-refractivity contribution in [1.29, 1.82) is 0 Å². The van der Waals surface area contributed by atoms with Gasteiger partial charge in [-0.15, -0.1) is 10.2 Å². The SMILES string of the molecule is O=C(Cc1ccccc1)Nc1ccc(C(=O)Nc2nnc(-c3ccc([N+](=O)[O-])cc3)s2)cc1. The fourth-order valence-electron chi connectivity index (χ4n) is 2.98. The van der Waals surface area contributed by atoms with Crippen LogP contribution >= 0.6 is 11.3 Å². The number of benzene rings is 3. The molecule has 0 bridgehead atoms. The van der Waals surface area contributed by atoms with Crippen molar-refractivity contribution in [2.75, 3.05) is 10.6 Å². The topological polar surface area (TPSA) is 127 Å². The van der Waals surface area contributed by atoms with Crippen molar-refractivity contribution in [3.8, 4) is 10.6 Å². The lowest BCUT2D eigenvalue weighted by Crippen LogP contribution is -2.15. The summed E-state index contributed by atoms with van der Waals surface area (Å²) in [5.41, 5.74) is 2.54. The molecular weight excluding hydrogens is 442 g/mol. The van der Waals surface area contributed by atoms with Gasteiger partial charge in [-0.05, 0) is 42.0 Å². The molecule has 3 aromatic carbocycles. The number of nitrogens with zero attached hydrogens (tertiary/aromatic N) is 3. The highest BCUT2D eigenvalue weighted by Crippen LogP contribution is 2.28. The second-order valence-corrected chi connectivity index (χ2v) is 7.94. The number of aromatic nitrogens is 2. The van der Waals surface area contributed by atoms with Crippen molar-refractivity contribution < 1.29 is 14.5 Å². The zero-order chi connectivity index (χ0) is 23.2. The molecule has 9 nitrogen and oxygen atoms in total. The Hall–Kier alpha value is -4.44. The van der Waals surface area contributed by atoms with E-state index in [0.717, 1.165) is 16.9 Å². The van der Waals surface area contributed by atoms with Crippen LogP contribution in [0.3, 0.4) is 0 Å². The number of carbonyl (C=O) groups is 2. The van der Waals surface area contributed by atoms with E-state index in [1.54, 1.807) is 36.4 Å². The molecular formula is C23H17N5O4S. The minimum absolute atomic E-state index is 0.0171. The van der Waals surface area contributed by atoms with Gasteiger partial charge >= 0.3 is 0 Å². The van der Waals surface area contributed by atoms with E-state index >= 15 is 0 Å². The van der Waals surface area contributed by atoms with E-state index in [1.165, 1.54) is 12.1 Å². The standard InChI is InChI=1S/C23H17N5O4S/c29-20(14-15-4-2-1-3-5-15)24-18-10-6-16(7-11-18)21(30)25-23-27-26-22(33-23)17-8-12-19(13-9-17)28(31)32/h1-13H,14H2,(H,24,29)(H,25,27,30). The Morgan fingerprint density at radius 1 is 0.879 bits per heavy atom. The number of rotatable bonds is 7. The highest BCUT2D eigenvalue weighted by Gasteiger charge is 2.13. The second kappa shape index (κ2) is 9.79. The zero-order valence-corrected chi connectivity index (χ0v) is 17.9. The summed E-state index contributed by atoms with van der Waals surface area (Å²) in [6, 6.07) is 21.8. The van der Waals surface area contributed by atoms with Gasteiger partial charge < -0.3 is 5.32 Å². The number of nitro groups is 1. The highest BCUT2D eigenvalue weighted by molar-refractivity contribution is 7.18. The first kappa shape index (κ1) is 21.8. The Kier molecular flexibility index (Phi) is 6.46. The molecule has 0 aliphatic heterocycles. The van der Waals surface area contributed by atoms with E-state index in [4.69, 9.17) is 0 Å². The third-order valence-corrected chi connectivity index (χ3v) is 5.50. The highest BCUT2D eigenvalue weighted by atomic mass is 32.1. The van der Waals surface area contributed by atoms with Gasteiger partial charge in [0.05, 0.1) is 11.3 Å². The van der Waals surface area contributed by atoms with Crippen molar-refractivity contribution in [3.05, 3.63) is 100 Å². The summed E-state index contributed by atoms with van der Waals surface area (Å²) in [6.07, 6.45) is 0.261. The lowest BCUT2D eigenvalue weighted by molar-refractivity contribution is -0.384. The fourth-order valence-corrected chi connectivity index (χ4v) is 3.72. The Balaban J connectivity index is 1.35. The molecule has 2 N–H and O–H groups in total. The van der Waals surface area contributed by atoms with E-state index in [2.05, 4.69) is 20.8 Å². The van der Waals surface area contributed by atoms with Crippen molar-refractivity contribution in [2.24, 2.45) is 0 Å². The molecule has 0 radical (unpaired) electrons. The summed E-state index contributed by atoms with van der Waals surface area (Å²) in [4.78, 5) is 35.0. The number of hydrogen-bond acceptors (Lipinski definition) is 7. The molecule has 164 valence electrons. The largest absolute Gasteiger partial charge is 0.326 e. The molecule has 33 heavy (non-hydrogen) atoms. The maximum Gasteiger partial charge on any atom is 0.269 e. The first-order valence-electron chi connectivity index (χ1n) is 9.81. The Labute approximate surface area is 192 Å². The van der Waals surface area contributed by atoms with E-state index in [1.807, 2.05) is 30.3 Å². The molecule has 0 fully saturated rings. The lowest BCUT2D eigenvalue weighted by Gasteiger charge is -2.07. The molecule has 2 amide bonds. The first-order valence-corrected chi connectivity index (χ1v) is 10.6. The molecule has 0 saturated carbocycles. The summed E-state index contributed by atoms with van der Waals surface area (Å²) in [7, 11) is 0. The molecule has 0 atom stereocenters. The van der Waals surface area contributed by atoms with Gasteiger partial charge in [-0.25, -0.2) is 0 Å². The average Bonchev–Trinajstić information content (AvgIpc) is 3.28. The summed E-state index contributed by atoms with van der Waals surface area (Å²) >= 11 is 1.15.